The SMILES string of the molecule is CCCCCCCCCCCCCCCC(=O)CCCCN. The van der Waals surface area contributed by atoms with Gasteiger partial charge in [-0.05, 0) is 25.8 Å². The molecule has 0 saturated carbocycles. The van der Waals surface area contributed by atoms with Crippen LogP contribution < -0.4 is 5.73 Å². The second-order valence-corrected chi connectivity index (χ2v) is 6.78. The molecule has 0 atom stereocenters. The third-order valence-electron chi connectivity index (χ3n) is 4.47. The van der Waals surface area contributed by atoms with Crippen LogP contribution in [0.2, 0.25) is 0 Å². The van der Waals surface area contributed by atoms with E-state index in [4.69, 9.17) is 5.73 Å². The van der Waals surface area contributed by atoms with Gasteiger partial charge in [-0.1, -0.05) is 84.0 Å². The summed E-state index contributed by atoms with van der Waals surface area (Å²) in [6.07, 6.45) is 21.2. The zero-order valence-corrected chi connectivity index (χ0v) is 15.2. The van der Waals surface area contributed by atoms with Crippen molar-refractivity contribution in [1.29, 1.82) is 0 Å². The number of nitrogens with two attached hydrogens (primary N) is 1. The predicted molar refractivity (Wildman–Crippen MR) is 98.2 cm³/mol. The van der Waals surface area contributed by atoms with Gasteiger partial charge in [0.15, 0.2) is 0 Å². The van der Waals surface area contributed by atoms with Gasteiger partial charge in [0.25, 0.3) is 0 Å². The summed E-state index contributed by atoms with van der Waals surface area (Å²) in [5.74, 6) is 0.441. The zero-order valence-electron chi connectivity index (χ0n) is 15.2. The van der Waals surface area contributed by atoms with E-state index in [9.17, 15) is 4.79 Å². The van der Waals surface area contributed by atoms with E-state index in [1.165, 1.54) is 77.0 Å². The zero-order chi connectivity index (χ0) is 16.3. The fraction of sp³-hybridized carbons (Fsp3) is 0.950. The van der Waals surface area contributed by atoms with Crippen LogP contribution in [0.15, 0.2) is 0 Å². The summed E-state index contributed by atoms with van der Waals surface area (Å²) < 4.78 is 0. The average Bonchev–Trinajstić information content (AvgIpc) is 2.52. The second kappa shape index (κ2) is 18.7. The molecule has 2 heteroatoms. The Balaban J connectivity index is 3.06. The van der Waals surface area contributed by atoms with Gasteiger partial charge in [-0.3, -0.25) is 4.79 Å². The molecule has 0 saturated heterocycles. The minimum Gasteiger partial charge on any atom is -0.330 e. The first-order chi connectivity index (χ1) is 10.8. The van der Waals surface area contributed by atoms with Gasteiger partial charge in [0, 0.05) is 12.8 Å². The number of hydrogen-bond acceptors (Lipinski definition) is 2. The van der Waals surface area contributed by atoms with Crippen LogP contribution in [-0.4, -0.2) is 12.3 Å². The summed E-state index contributed by atoms with van der Waals surface area (Å²) in [7, 11) is 0. The molecule has 0 fully saturated rings. The number of Topliss-reactive ketones (excluding diaryl/α,β-unsaturated/α-hetero) is 1. The molecule has 0 radical (unpaired) electrons. The van der Waals surface area contributed by atoms with Gasteiger partial charge in [-0.15, -0.1) is 0 Å². The number of hydrogen-bond donors (Lipinski definition) is 1. The molecule has 0 heterocycles. The minimum absolute atomic E-state index is 0.441. The molecule has 0 unspecified atom stereocenters. The van der Waals surface area contributed by atoms with Gasteiger partial charge in [-0.25, -0.2) is 0 Å². The molecule has 0 aromatic carbocycles. The van der Waals surface area contributed by atoms with Crippen LogP contribution in [0.5, 0.6) is 0 Å². The van der Waals surface area contributed by atoms with Crippen molar-refractivity contribution in [1.82, 2.24) is 0 Å². The molecule has 0 bridgehead atoms. The smallest absolute Gasteiger partial charge is 0.132 e. The van der Waals surface area contributed by atoms with Crippen LogP contribution in [-0.2, 0) is 4.79 Å². The van der Waals surface area contributed by atoms with Gasteiger partial charge in [0.2, 0.25) is 0 Å². The maximum atomic E-state index is 11.6. The maximum Gasteiger partial charge on any atom is 0.132 e. The fourth-order valence-corrected chi connectivity index (χ4v) is 2.93. The highest BCUT2D eigenvalue weighted by atomic mass is 16.1. The third kappa shape index (κ3) is 17.7. The van der Waals surface area contributed by atoms with Crippen molar-refractivity contribution in [2.45, 2.75) is 116 Å². The molecule has 0 aromatic rings. The molecular weight excluding hydrogens is 270 g/mol. The number of carbonyl (C=O) groups excluding carboxylic acids is 1. The summed E-state index contributed by atoms with van der Waals surface area (Å²) in [6, 6.07) is 0. The van der Waals surface area contributed by atoms with Crippen molar-refractivity contribution in [3.05, 3.63) is 0 Å². The number of rotatable bonds is 18. The summed E-state index contributed by atoms with van der Waals surface area (Å²) in [6.45, 7) is 2.99. The molecule has 0 rings (SSSR count). The van der Waals surface area contributed by atoms with E-state index in [1.54, 1.807) is 0 Å². The Bertz CT molecular complexity index is 228. The van der Waals surface area contributed by atoms with Gasteiger partial charge < -0.3 is 5.73 Å². The number of unbranched alkanes of at least 4 members (excludes halogenated alkanes) is 13. The molecule has 22 heavy (non-hydrogen) atoms. The molecule has 0 amide bonds. The molecule has 0 aliphatic carbocycles. The lowest BCUT2D eigenvalue weighted by molar-refractivity contribution is -0.119. The summed E-state index contributed by atoms with van der Waals surface area (Å²) in [5, 5.41) is 0. The summed E-state index contributed by atoms with van der Waals surface area (Å²) in [5.41, 5.74) is 5.43. The standard InChI is InChI=1S/C20H41NO/c1-2-3-4-5-6-7-8-9-10-11-12-13-14-17-20(22)18-15-16-19-21/h2-19,21H2,1H3. The molecule has 0 aromatic heterocycles. The van der Waals surface area contributed by atoms with E-state index in [0.717, 1.165) is 32.1 Å². The highest BCUT2D eigenvalue weighted by molar-refractivity contribution is 5.78. The average molecular weight is 312 g/mol. The number of carbonyl (C=O) groups is 1. The van der Waals surface area contributed by atoms with E-state index >= 15 is 0 Å². The van der Waals surface area contributed by atoms with Gasteiger partial charge in [0.05, 0.1) is 0 Å². The lowest BCUT2D eigenvalue weighted by Crippen LogP contribution is -2.02. The van der Waals surface area contributed by atoms with Gasteiger partial charge in [0.1, 0.15) is 5.78 Å². The fourth-order valence-electron chi connectivity index (χ4n) is 2.93. The highest BCUT2D eigenvalue weighted by Crippen LogP contribution is 2.13. The lowest BCUT2D eigenvalue weighted by atomic mass is 10.0. The van der Waals surface area contributed by atoms with Crippen LogP contribution in [0.1, 0.15) is 116 Å². The Kier molecular flexibility index (Phi) is 18.4. The second-order valence-electron chi connectivity index (χ2n) is 6.78. The summed E-state index contributed by atoms with van der Waals surface area (Å²) >= 11 is 0. The first-order valence-electron chi connectivity index (χ1n) is 10.0. The molecule has 2 N–H and O–H groups in total. The van der Waals surface area contributed by atoms with Gasteiger partial charge >= 0.3 is 0 Å². The van der Waals surface area contributed by atoms with Crippen LogP contribution >= 0.6 is 0 Å². The van der Waals surface area contributed by atoms with E-state index in [2.05, 4.69) is 6.92 Å². The molecule has 0 spiro atoms. The Morgan fingerprint density at radius 3 is 1.36 bits per heavy atom. The maximum absolute atomic E-state index is 11.6. The first-order valence-corrected chi connectivity index (χ1v) is 10.0. The predicted octanol–water partition coefficient (Wildman–Crippen LogP) is 6.17. The molecule has 0 aliphatic rings. The Hall–Kier alpha value is -0.370. The largest absolute Gasteiger partial charge is 0.330 e. The van der Waals surface area contributed by atoms with Crippen molar-refractivity contribution >= 4 is 5.78 Å². The van der Waals surface area contributed by atoms with Crippen LogP contribution in [0.25, 0.3) is 0 Å². The first kappa shape index (κ1) is 21.6. The lowest BCUT2D eigenvalue weighted by Gasteiger charge is -2.03. The van der Waals surface area contributed by atoms with Crippen molar-refractivity contribution in [3.8, 4) is 0 Å². The third-order valence-corrected chi connectivity index (χ3v) is 4.47. The Morgan fingerprint density at radius 1 is 0.591 bits per heavy atom. The number of ketones is 1. The highest BCUT2D eigenvalue weighted by Gasteiger charge is 2.01. The van der Waals surface area contributed by atoms with Crippen molar-refractivity contribution in [2.75, 3.05) is 6.54 Å². The molecule has 132 valence electrons. The topological polar surface area (TPSA) is 43.1 Å². The quantitative estimate of drug-likeness (QED) is 0.308. The van der Waals surface area contributed by atoms with Crippen molar-refractivity contribution < 1.29 is 4.79 Å². The van der Waals surface area contributed by atoms with Crippen molar-refractivity contribution in [2.24, 2.45) is 5.73 Å². The monoisotopic (exact) mass is 311 g/mol. The van der Waals surface area contributed by atoms with E-state index in [0.29, 0.717) is 12.3 Å². The normalized spacial score (nSPS) is 11.0. The minimum atomic E-state index is 0.441. The van der Waals surface area contributed by atoms with E-state index in [1.807, 2.05) is 0 Å². The molecule has 0 aliphatic heterocycles. The van der Waals surface area contributed by atoms with E-state index in [-0.39, 0.29) is 0 Å². The van der Waals surface area contributed by atoms with Crippen LogP contribution in [0, 0.1) is 0 Å². The Morgan fingerprint density at radius 2 is 0.955 bits per heavy atom. The molecule has 2 nitrogen and oxygen atoms in total. The van der Waals surface area contributed by atoms with Crippen LogP contribution in [0.4, 0.5) is 0 Å². The van der Waals surface area contributed by atoms with Crippen LogP contribution in [0.3, 0.4) is 0 Å². The molecular formula is C20H41NO. The van der Waals surface area contributed by atoms with Gasteiger partial charge in [-0.2, -0.15) is 0 Å². The van der Waals surface area contributed by atoms with E-state index < -0.39 is 0 Å². The Labute approximate surface area is 139 Å². The summed E-state index contributed by atoms with van der Waals surface area (Å²) in [4.78, 5) is 11.6. The van der Waals surface area contributed by atoms with Crippen molar-refractivity contribution in [3.63, 3.8) is 0 Å².